The SMILES string of the molecule is CC(=O)N1CCc2ccccc2C1CC(=O)Nc1c(C(=O)N2CCOCC2)oc2ccccc12. The van der Waals surface area contributed by atoms with Crippen LogP contribution in [0, 0.1) is 0 Å². The number of nitrogens with zero attached hydrogens (tertiary/aromatic N) is 2. The molecule has 8 heteroatoms. The van der Waals surface area contributed by atoms with E-state index in [1.807, 2.05) is 42.5 Å². The highest BCUT2D eigenvalue weighted by molar-refractivity contribution is 6.11. The highest BCUT2D eigenvalue weighted by atomic mass is 16.5. The van der Waals surface area contributed by atoms with Crippen LogP contribution in [0.25, 0.3) is 11.0 Å². The summed E-state index contributed by atoms with van der Waals surface area (Å²) in [5.41, 5.74) is 3.04. The maximum atomic E-state index is 13.3. The van der Waals surface area contributed by atoms with Gasteiger partial charge >= 0.3 is 0 Å². The zero-order valence-electron chi connectivity index (χ0n) is 19.1. The van der Waals surface area contributed by atoms with Gasteiger partial charge in [0.1, 0.15) is 11.3 Å². The number of rotatable bonds is 4. The van der Waals surface area contributed by atoms with Crippen molar-refractivity contribution in [1.82, 2.24) is 9.80 Å². The van der Waals surface area contributed by atoms with Crippen LogP contribution in [-0.4, -0.2) is 60.4 Å². The minimum Gasteiger partial charge on any atom is -0.449 e. The van der Waals surface area contributed by atoms with Crippen molar-refractivity contribution in [1.29, 1.82) is 0 Å². The minimum absolute atomic E-state index is 0.0655. The van der Waals surface area contributed by atoms with Gasteiger partial charge in [-0.15, -0.1) is 0 Å². The number of fused-ring (bicyclic) bond motifs is 2. The lowest BCUT2D eigenvalue weighted by Gasteiger charge is -2.36. The van der Waals surface area contributed by atoms with Crippen LogP contribution in [0.4, 0.5) is 5.69 Å². The third-order valence-electron chi connectivity index (χ3n) is 6.55. The van der Waals surface area contributed by atoms with Gasteiger partial charge in [-0.25, -0.2) is 0 Å². The highest BCUT2D eigenvalue weighted by Gasteiger charge is 2.32. The smallest absolute Gasteiger partial charge is 0.291 e. The van der Waals surface area contributed by atoms with E-state index in [1.165, 1.54) is 6.92 Å². The van der Waals surface area contributed by atoms with Gasteiger partial charge in [-0.05, 0) is 29.7 Å². The third kappa shape index (κ3) is 4.17. The first-order valence-corrected chi connectivity index (χ1v) is 11.6. The molecule has 0 spiro atoms. The molecule has 3 heterocycles. The second-order valence-electron chi connectivity index (χ2n) is 8.64. The van der Waals surface area contributed by atoms with Gasteiger partial charge in [0, 0.05) is 31.9 Å². The topological polar surface area (TPSA) is 92.1 Å². The van der Waals surface area contributed by atoms with E-state index < -0.39 is 0 Å². The molecule has 1 atom stereocenters. The summed E-state index contributed by atoms with van der Waals surface area (Å²) in [6, 6.07) is 14.8. The molecule has 1 unspecified atom stereocenters. The summed E-state index contributed by atoms with van der Waals surface area (Å²) in [5, 5.41) is 3.61. The molecule has 2 aromatic carbocycles. The van der Waals surface area contributed by atoms with Gasteiger partial charge in [0.15, 0.2) is 0 Å². The number of nitrogens with one attached hydrogen (secondary N) is 1. The zero-order chi connectivity index (χ0) is 23.7. The van der Waals surface area contributed by atoms with Crippen LogP contribution >= 0.6 is 0 Å². The largest absolute Gasteiger partial charge is 0.449 e. The summed E-state index contributed by atoms with van der Waals surface area (Å²) in [7, 11) is 0. The van der Waals surface area contributed by atoms with Gasteiger partial charge in [0.2, 0.25) is 17.6 Å². The number of hydrogen-bond donors (Lipinski definition) is 1. The molecule has 2 aliphatic heterocycles. The van der Waals surface area contributed by atoms with Gasteiger partial charge < -0.3 is 24.3 Å². The van der Waals surface area contributed by atoms with E-state index >= 15 is 0 Å². The molecule has 1 aromatic heterocycles. The Morgan fingerprint density at radius 2 is 1.74 bits per heavy atom. The Morgan fingerprint density at radius 3 is 2.53 bits per heavy atom. The number of carbonyl (C=O) groups excluding carboxylic acids is 3. The number of para-hydroxylation sites is 1. The molecular formula is C26H27N3O5. The normalized spacial score (nSPS) is 18.0. The first-order chi connectivity index (χ1) is 16.5. The number of amides is 3. The van der Waals surface area contributed by atoms with E-state index in [2.05, 4.69) is 5.32 Å². The van der Waals surface area contributed by atoms with E-state index in [9.17, 15) is 14.4 Å². The molecule has 5 rings (SSSR count). The molecule has 8 nitrogen and oxygen atoms in total. The van der Waals surface area contributed by atoms with Gasteiger partial charge in [-0.1, -0.05) is 36.4 Å². The standard InChI is InChI=1S/C26H27N3O5/c1-17(30)29-11-10-18-6-2-3-7-19(18)21(29)16-23(31)27-24-20-8-4-5-9-22(20)34-25(24)26(32)28-12-14-33-15-13-28/h2-9,21H,10-16H2,1H3,(H,27,31). The van der Waals surface area contributed by atoms with Crippen molar-refractivity contribution in [3.8, 4) is 0 Å². The number of furan rings is 1. The third-order valence-corrected chi connectivity index (χ3v) is 6.55. The predicted molar refractivity (Wildman–Crippen MR) is 126 cm³/mol. The lowest BCUT2D eigenvalue weighted by Crippen LogP contribution is -2.41. The average Bonchev–Trinajstić information content (AvgIpc) is 3.22. The van der Waals surface area contributed by atoms with Crippen molar-refractivity contribution in [2.75, 3.05) is 38.2 Å². The quantitative estimate of drug-likeness (QED) is 0.643. The molecule has 1 fully saturated rings. The van der Waals surface area contributed by atoms with Crippen LogP contribution in [0.5, 0.6) is 0 Å². The van der Waals surface area contributed by atoms with Crippen molar-refractivity contribution < 1.29 is 23.5 Å². The summed E-state index contributed by atoms with van der Waals surface area (Å²) in [5.74, 6) is -0.508. The summed E-state index contributed by atoms with van der Waals surface area (Å²) in [6.07, 6.45) is 0.847. The molecule has 0 radical (unpaired) electrons. The lowest BCUT2D eigenvalue weighted by atomic mass is 9.90. The Kier molecular flexibility index (Phi) is 6.06. The average molecular weight is 462 g/mol. The molecule has 1 N–H and O–H groups in total. The van der Waals surface area contributed by atoms with Crippen molar-refractivity contribution in [2.45, 2.75) is 25.8 Å². The van der Waals surface area contributed by atoms with Gasteiger partial charge in [0.25, 0.3) is 5.91 Å². The molecule has 2 aliphatic rings. The zero-order valence-corrected chi connectivity index (χ0v) is 19.1. The van der Waals surface area contributed by atoms with Crippen LogP contribution < -0.4 is 5.32 Å². The Bertz CT molecular complexity index is 1240. The summed E-state index contributed by atoms with van der Waals surface area (Å²) >= 11 is 0. The van der Waals surface area contributed by atoms with E-state index in [1.54, 1.807) is 15.9 Å². The van der Waals surface area contributed by atoms with Crippen LogP contribution in [0.1, 0.15) is 41.1 Å². The van der Waals surface area contributed by atoms with Crippen LogP contribution in [0.2, 0.25) is 0 Å². The van der Waals surface area contributed by atoms with Gasteiger partial charge in [-0.3, -0.25) is 14.4 Å². The van der Waals surface area contributed by atoms with Gasteiger partial charge in [-0.2, -0.15) is 0 Å². The molecular weight excluding hydrogens is 434 g/mol. The molecule has 1 saturated heterocycles. The Morgan fingerprint density at radius 1 is 1.00 bits per heavy atom. The molecule has 0 saturated carbocycles. The molecule has 3 amide bonds. The number of morpholine rings is 1. The number of carbonyl (C=O) groups is 3. The highest BCUT2D eigenvalue weighted by Crippen LogP contribution is 2.35. The van der Waals surface area contributed by atoms with Crippen LogP contribution in [-0.2, 0) is 20.7 Å². The number of anilines is 1. The minimum atomic E-state index is -0.362. The number of ether oxygens (including phenoxy) is 1. The van der Waals surface area contributed by atoms with Gasteiger partial charge in [0.05, 0.1) is 25.7 Å². The molecule has 176 valence electrons. The van der Waals surface area contributed by atoms with Crippen molar-refractivity contribution in [2.24, 2.45) is 0 Å². The summed E-state index contributed by atoms with van der Waals surface area (Å²) in [4.78, 5) is 42.3. The van der Waals surface area contributed by atoms with Crippen LogP contribution in [0.3, 0.4) is 0 Å². The van der Waals surface area contributed by atoms with Crippen molar-refractivity contribution in [3.05, 3.63) is 65.4 Å². The fraction of sp³-hybridized carbons (Fsp3) is 0.346. The van der Waals surface area contributed by atoms with E-state index in [4.69, 9.17) is 9.15 Å². The second kappa shape index (κ2) is 9.30. The number of hydrogen-bond acceptors (Lipinski definition) is 5. The Hall–Kier alpha value is -3.65. The number of benzene rings is 2. The molecule has 34 heavy (non-hydrogen) atoms. The summed E-state index contributed by atoms with van der Waals surface area (Å²) in [6.45, 7) is 3.97. The van der Waals surface area contributed by atoms with Crippen molar-refractivity contribution >= 4 is 34.4 Å². The monoisotopic (exact) mass is 461 g/mol. The summed E-state index contributed by atoms with van der Waals surface area (Å²) < 4.78 is 11.3. The van der Waals surface area contributed by atoms with E-state index in [0.29, 0.717) is 49.5 Å². The van der Waals surface area contributed by atoms with Crippen molar-refractivity contribution in [3.63, 3.8) is 0 Å². The van der Waals surface area contributed by atoms with Crippen LogP contribution in [0.15, 0.2) is 52.9 Å². The molecule has 0 aliphatic carbocycles. The maximum absolute atomic E-state index is 13.3. The predicted octanol–water partition coefficient (Wildman–Crippen LogP) is 3.38. The van der Waals surface area contributed by atoms with E-state index in [0.717, 1.165) is 17.5 Å². The fourth-order valence-corrected chi connectivity index (χ4v) is 4.84. The molecule has 3 aromatic rings. The second-order valence-corrected chi connectivity index (χ2v) is 8.64. The maximum Gasteiger partial charge on any atom is 0.291 e. The Labute approximate surface area is 197 Å². The van der Waals surface area contributed by atoms with E-state index in [-0.39, 0.29) is 35.9 Å². The first-order valence-electron chi connectivity index (χ1n) is 11.6. The molecule has 0 bridgehead atoms. The fourth-order valence-electron chi connectivity index (χ4n) is 4.84. The Balaban J connectivity index is 1.44. The lowest BCUT2D eigenvalue weighted by molar-refractivity contribution is -0.132. The first kappa shape index (κ1) is 22.2.